The molecule has 0 spiro atoms. The first-order valence-corrected chi connectivity index (χ1v) is 12.4. The predicted molar refractivity (Wildman–Crippen MR) is 101 cm³/mol. The number of alkyl halides is 6. The summed E-state index contributed by atoms with van der Waals surface area (Å²) in [6.45, 7) is 6.25. The summed E-state index contributed by atoms with van der Waals surface area (Å²) in [6.07, 6.45) is -11.2. The summed E-state index contributed by atoms with van der Waals surface area (Å²) in [5, 5.41) is 5.28. The molecule has 0 atom stereocenters. The monoisotopic (exact) mass is 454 g/mol. The van der Waals surface area contributed by atoms with Gasteiger partial charge in [0.15, 0.2) is 5.69 Å². The van der Waals surface area contributed by atoms with Gasteiger partial charge >= 0.3 is 18.4 Å². The zero-order valence-corrected chi connectivity index (χ0v) is 17.3. The van der Waals surface area contributed by atoms with Crippen LogP contribution in [0.1, 0.15) is 11.4 Å². The van der Waals surface area contributed by atoms with E-state index in [9.17, 15) is 31.1 Å². The van der Waals surface area contributed by atoms with E-state index >= 15 is 0 Å². The molecule has 1 heterocycles. The van der Waals surface area contributed by atoms with Crippen molar-refractivity contribution in [3.05, 3.63) is 35.7 Å². The van der Waals surface area contributed by atoms with Gasteiger partial charge in [-0.25, -0.2) is 9.48 Å². The van der Waals surface area contributed by atoms with Gasteiger partial charge in [-0.2, -0.15) is 31.4 Å². The van der Waals surface area contributed by atoms with Crippen LogP contribution in [-0.4, -0.2) is 30.6 Å². The molecule has 0 radical (unpaired) electrons. The molecule has 1 aromatic carbocycles. The third-order valence-corrected chi connectivity index (χ3v) is 5.57. The van der Waals surface area contributed by atoms with E-state index in [-0.39, 0.29) is 28.7 Å². The molecule has 166 valence electrons. The molecule has 13 heteroatoms. The quantitative estimate of drug-likeness (QED) is 0.361. The number of nitrogens with zero attached hydrogens (tertiary/aromatic N) is 2. The van der Waals surface area contributed by atoms with Crippen molar-refractivity contribution in [2.45, 2.75) is 38.0 Å². The van der Waals surface area contributed by atoms with E-state index in [1.165, 1.54) is 6.07 Å². The zero-order valence-electron chi connectivity index (χ0n) is 16.3. The summed E-state index contributed by atoms with van der Waals surface area (Å²) in [5.41, 5.74) is 1.57. The van der Waals surface area contributed by atoms with Crippen molar-refractivity contribution >= 4 is 25.5 Å². The van der Waals surface area contributed by atoms with Gasteiger partial charge in [0.2, 0.25) is 0 Å². The SMILES string of the molecule is C[Si](C)(C)CCOC(=O)Nc1cc(N)ccc1-n1nc(C(F)(F)F)cc1C(F)(F)F. The van der Waals surface area contributed by atoms with Gasteiger partial charge in [-0.3, -0.25) is 5.32 Å². The molecule has 0 aliphatic carbocycles. The van der Waals surface area contributed by atoms with Gasteiger partial charge < -0.3 is 10.5 Å². The fourth-order valence-corrected chi connectivity index (χ4v) is 3.05. The standard InChI is InChI=1S/C17H20F6N4O2Si/c1-30(2,3)7-6-29-15(28)25-11-8-10(24)4-5-12(11)27-14(17(21,22)23)9-13(26-27)16(18,19)20/h4-5,8-9H,6-7,24H2,1-3H3,(H,25,28). The maximum atomic E-state index is 13.3. The molecule has 2 rings (SSSR count). The molecule has 0 bridgehead atoms. The lowest BCUT2D eigenvalue weighted by atomic mass is 10.2. The highest BCUT2D eigenvalue weighted by Gasteiger charge is 2.42. The first kappa shape index (κ1) is 23.6. The number of aromatic nitrogens is 2. The molecule has 30 heavy (non-hydrogen) atoms. The highest BCUT2D eigenvalue weighted by Crippen LogP contribution is 2.37. The number of nitrogens with one attached hydrogen (secondary N) is 1. The molecule has 0 aliphatic heterocycles. The number of anilines is 2. The molecular formula is C17H20F6N4O2Si. The van der Waals surface area contributed by atoms with Crippen molar-refractivity contribution in [2.24, 2.45) is 0 Å². The topological polar surface area (TPSA) is 82.2 Å². The second-order valence-corrected chi connectivity index (χ2v) is 13.3. The second kappa shape index (κ2) is 8.20. The fourth-order valence-electron chi connectivity index (χ4n) is 2.34. The summed E-state index contributed by atoms with van der Waals surface area (Å²) >= 11 is 0. The Labute approximate surface area is 169 Å². The van der Waals surface area contributed by atoms with Crippen molar-refractivity contribution in [3.8, 4) is 5.69 Å². The van der Waals surface area contributed by atoms with E-state index in [0.29, 0.717) is 6.04 Å². The Balaban J connectivity index is 2.42. The Morgan fingerprint density at radius 1 is 1.13 bits per heavy atom. The van der Waals surface area contributed by atoms with Gasteiger partial charge in [-0.05, 0) is 24.2 Å². The van der Waals surface area contributed by atoms with Gasteiger partial charge in [0.05, 0.1) is 18.0 Å². The van der Waals surface area contributed by atoms with Gasteiger partial charge in [-0.15, -0.1) is 0 Å². The lowest BCUT2D eigenvalue weighted by molar-refractivity contribution is -0.143. The average Bonchev–Trinajstić information content (AvgIpc) is 2.99. The summed E-state index contributed by atoms with van der Waals surface area (Å²) in [6, 6.07) is 3.84. The van der Waals surface area contributed by atoms with Crippen molar-refractivity contribution in [1.82, 2.24) is 9.78 Å². The van der Waals surface area contributed by atoms with Crippen LogP contribution in [-0.2, 0) is 17.1 Å². The summed E-state index contributed by atoms with van der Waals surface area (Å²) in [7, 11) is -1.50. The zero-order chi connectivity index (χ0) is 22.9. The number of carbonyl (C=O) groups excluding carboxylic acids is 1. The maximum absolute atomic E-state index is 13.3. The molecule has 3 N–H and O–H groups in total. The number of amides is 1. The first-order valence-electron chi connectivity index (χ1n) is 8.66. The van der Waals surface area contributed by atoms with E-state index in [1.54, 1.807) is 0 Å². The van der Waals surface area contributed by atoms with Crippen LogP contribution >= 0.6 is 0 Å². The number of hydrogen-bond donors (Lipinski definition) is 2. The Bertz CT molecular complexity index is 918. The normalized spacial score (nSPS) is 12.7. The lowest BCUT2D eigenvalue weighted by Crippen LogP contribution is -2.24. The third-order valence-electron chi connectivity index (χ3n) is 3.86. The number of nitrogens with two attached hydrogens (primary N) is 1. The third kappa shape index (κ3) is 6.15. The van der Waals surface area contributed by atoms with E-state index in [4.69, 9.17) is 10.5 Å². The molecule has 0 unspecified atom stereocenters. The van der Waals surface area contributed by atoms with E-state index in [2.05, 4.69) is 30.1 Å². The van der Waals surface area contributed by atoms with Gasteiger partial charge in [0, 0.05) is 19.8 Å². The van der Waals surface area contributed by atoms with E-state index in [1.807, 2.05) is 0 Å². The molecule has 0 saturated heterocycles. The van der Waals surface area contributed by atoms with Crippen LogP contribution in [0.4, 0.5) is 42.5 Å². The molecular weight excluding hydrogens is 434 g/mol. The van der Waals surface area contributed by atoms with Crippen LogP contribution in [0.15, 0.2) is 24.3 Å². The van der Waals surface area contributed by atoms with Crippen LogP contribution in [0.3, 0.4) is 0 Å². The van der Waals surface area contributed by atoms with Crippen LogP contribution < -0.4 is 11.1 Å². The Kier molecular flexibility index (Phi) is 6.45. The molecule has 1 amide bonds. The molecule has 1 aromatic heterocycles. The van der Waals surface area contributed by atoms with Gasteiger partial charge in [0.25, 0.3) is 0 Å². The van der Waals surface area contributed by atoms with Crippen molar-refractivity contribution in [1.29, 1.82) is 0 Å². The minimum Gasteiger partial charge on any atom is -0.450 e. The number of rotatable bonds is 5. The van der Waals surface area contributed by atoms with Crippen molar-refractivity contribution in [3.63, 3.8) is 0 Å². The van der Waals surface area contributed by atoms with Crippen LogP contribution in [0, 0.1) is 0 Å². The van der Waals surface area contributed by atoms with E-state index in [0.717, 1.165) is 12.1 Å². The molecule has 2 aromatic rings. The fraction of sp³-hybridized carbons (Fsp3) is 0.412. The van der Waals surface area contributed by atoms with E-state index < -0.39 is 43.6 Å². The average molecular weight is 454 g/mol. The van der Waals surface area contributed by atoms with Crippen LogP contribution in [0.2, 0.25) is 25.7 Å². The summed E-state index contributed by atoms with van der Waals surface area (Å²) in [5.74, 6) is 0. The summed E-state index contributed by atoms with van der Waals surface area (Å²) < 4.78 is 83.9. The highest BCUT2D eigenvalue weighted by molar-refractivity contribution is 6.76. The maximum Gasteiger partial charge on any atom is 0.435 e. The number of nitrogen functional groups attached to an aromatic ring is 1. The number of carbonyl (C=O) groups is 1. The second-order valence-electron chi connectivity index (χ2n) is 7.67. The van der Waals surface area contributed by atoms with Crippen molar-refractivity contribution < 1.29 is 35.9 Å². The predicted octanol–water partition coefficient (Wildman–Crippen LogP) is 5.38. The molecule has 6 nitrogen and oxygen atoms in total. The Morgan fingerprint density at radius 3 is 2.30 bits per heavy atom. The Morgan fingerprint density at radius 2 is 1.77 bits per heavy atom. The first-order chi connectivity index (χ1) is 13.6. The summed E-state index contributed by atoms with van der Waals surface area (Å²) in [4.78, 5) is 12.0. The largest absolute Gasteiger partial charge is 0.450 e. The van der Waals surface area contributed by atoms with Crippen molar-refractivity contribution in [2.75, 3.05) is 17.7 Å². The van der Waals surface area contributed by atoms with Crippen LogP contribution in [0.25, 0.3) is 5.69 Å². The highest BCUT2D eigenvalue weighted by atomic mass is 28.3. The molecule has 0 aliphatic rings. The van der Waals surface area contributed by atoms with Gasteiger partial charge in [0.1, 0.15) is 5.69 Å². The van der Waals surface area contributed by atoms with Gasteiger partial charge in [-0.1, -0.05) is 19.6 Å². The number of halogens is 6. The van der Waals surface area contributed by atoms with Crippen LogP contribution in [0.5, 0.6) is 0 Å². The number of hydrogen-bond acceptors (Lipinski definition) is 4. The number of benzene rings is 1. The lowest BCUT2D eigenvalue weighted by Gasteiger charge is -2.17. The molecule has 0 saturated carbocycles. The minimum atomic E-state index is -5.13. The molecule has 0 fully saturated rings. The smallest absolute Gasteiger partial charge is 0.435 e. The minimum absolute atomic E-state index is 0.0629. The Hall–Kier alpha value is -2.70. The number of ether oxygens (including phenoxy) is 1.